The largest absolute Gasteiger partial charge is 0.497 e. The average molecular weight is 264 g/mol. The van der Waals surface area contributed by atoms with Crippen LogP contribution in [-0.4, -0.2) is 29.6 Å². The van der Waals surface area contributed by atoms with E-state index >= 15 is 0 Å². The van der Waals surface area contributed by atoms with Gasteiger partial charge < -0.3 is 15.2 Å². The molecule has 0 spiro atoms. The van der Waals surface area contributed by atoms with Crippen LogP contribution in [0.2, 0.25) is 0 Å². The number of ether oxygens (including phenoxy) is 1. The number of carboxylic acids is 1. The van der Waals surface area contributed by atoms with E-state index in [9.17, 15) is 4.79 Å². The van der Waals surface area contributed by atoms with Gasteiger partial charge in [-0.25, -0.2) is 4.79 Å². The predicted molar refractivity (Wildman–Crippen MR) is 70.6 cm³/mol. The normalized spacial score (nSPS) is 10.1. The van der Waals surface area contributed by atoms with Crippen LogP contribution in [0.15, 0.2) is 24.3 Å². The summed E-state index contributed by atoms with van der Waals surface area (Å²) >= 11 is 0.970. The third-order valence-electron chi connectivity index (χ3n) is 2.50. The predicted octanol–water partition coefficient (Wildman–Crippen LogP) is 2.56. The van der Waals surface area contributed by atoms with Crippen molar-refractivity contribution in [3.63, 3.8) is 0 Å². The molecule has 0 amide bonds. The minimum Gasteiger partial charge on any atom is -0.497 e. The molecule has 0 aliphatic rings. The fraction of sp³-hybridized carbons (Fsp3) is 0.167. The molecule has 5 nitrogen and oxygen atoms in total. The minimum atomic E-state index is -0.975. The second kappa shape index (κ2) is 5.05. The van der Waals surface area contributed by atoms with E-state index in [1.54, 1.807) is 14.2 Å². The van der Waals surface area contributed by atoms with E-state index in [0.29, 0.717) is 11.4 Å². The first kappa shape index (κ1) is 12.4. The maximum atomic E-state index is 11.0. The summed E-state index contributed by atoms with van der Waals surface area (Å²) in [4.78, 5) is 11.2. The fourth-order valence-corrected chi connectivity index (χ4v) is 2.36. The Hall–Kier alpha value is -2.08. The zero-order valence-electron chi connectivity index (χ0n) is 9.93. The molecule has 0 fully saturated rings. The van der Waals surface area contributed by atoms with Crippen LogP contribution in [0.3, 0.4) is 0 Å². The Morgan fingerprint density at radius 3 is 2.56 bits per heavy atom. The van der Waals surface area contributed by atoms with Crippen LogP contribution in [-0.2, 0) is 0 Å². The van der Waals surface area contributed by atoms with Crippen LogP contribution in [0.4, 0.5) is 5.69 Å². The number of hydrogen-bond donors (Lipinski definition) is 2. The second-order valence-electron chi connectivity index (χ2n) is 3.52. The molecule has 1 heterocycles. The van der Waals surface area contributed by atoms with Crippen LogP contribution in [0, 0.1) is 0 Å². The maximum Gasteiger partial charge on any atom is 0.349 e. The summed E-state index contributed by atoms with van der Waals surface area (Å²) in [6.07, 6.45) is 0. The van der Waals surface area contributed by atoms with Gasteiger partial charge in [0.2, 0.25) is 0 Å². The molecular formula is C12H12N2O3S. The molecule has 0 bridgehead atoms. The smallest absolute Gasteiger partial charge is 0.349 e. The van der Waals surface area contributed by atoms with Crippen molar-refractivity contribution in [2.24, 2.45) is 0 Å². The topological polar surface area (TPSA) is 71.5 Å². The summed E-state index contributed by atoms with van der Waals surface area (Å²) < 4.78 is 9.27. The molecule has 2 N–H and O–H groups in total. The number of nitrogens with one attached hydrogen (secondary N) is 1. The summed E-state index contributed by atoms with van der Waals surface area (Å²) in [6.45, 7) is 0. The van der Waals surface area contributed by atoms with E-state index < -0.39 is 5.97 Å². The Morgan fingerprint density at radius 1 is 1.39 bits per heavy atom. The molecule has 94 valence electrons. The van der Waals surface area contributed by atoms with Gasteiger partial charge in [-0.3, -0.25) is 0 Å². The van der Waals surface area contributed by atoms with Crippen molar-refractivity contribution in [1.82, 2.24) is 4.37 Å². The summed E-state index contributed by atoms with van der Waals surface area (Å²) in [5.74, 6) is -0.227. The molecule has 2 rings (SSSR count). The van der Waals surface area contributed by atoms with Crippen LogP contribution in [0.25, 0.3) is 11.3 Å². The first-order valence-electron chi connectivity index (χ1n) is 5.22. The highest BCUT2D eigenvalue weighted by Gasteiger charge is 2.19. The minimum absolute atomic E-state index is 0.211. The van der Waals surface area contributed by atoms with E-state index in [4.69, 9.17) is 9.84 Å². The SMILES string of the molecule is CNc1c(-c2ccc(OC)cc2)nsc1C(=O)O. The number of nitrogens with zero attached hydrogens (tertiary/aromatic N) is 1. The van der Waals surface area contributed by atoms with Crippen molar-refractivity contribution < 1.29 is 14.6 Å². The lowest BCUT2D eigenvalue weighted by Gasteiger charge is -2.04. The molecule has 0 aliphatic carbocycles. The standard InChI is InChI=1S/C12H12N2O3S/c1-13-10-9(14-18-11(10)12(15)16)7-3-5-8(17-2)6-4-7/h3-6,13H,1-2H3,(H,15,16). The van der Waals surface area contributed by atoms with Gasteiger partial charge in [0, 0.05) is 12.6 Å². The van der Waals surface area contributed by atoms with Crippen LogP contribution >= 0.6 is 11.5 Å². The van der Waals surface area contributed by atoms with E-state index in [2.05, 4.69) is 9.69 Å². The average Bonchev–Trinajstić information content (AvgIpc) is 2.82. The summed E-state index contributed by atoms with van der Waals surface area (Å²) in [5.41, 5.74) is 2.03. The van der Waals surface area contributed by atoms with Crippen molar-refractivity contribution in [2.45, 2.75) is 0 Å². The molecule has 0 unspecified atom stereocenters. The van der Waals surface area contributed by atoms with Gasteiger partial charge in [-0.2, -0.15) is 4.37 Å². The Labute approximate surface area is 108 Å². The van der Waals surface area contributed by atoms with Crippen LogP contribution < -0.4 is 10.1 Å². The highest BCUT2D eigenvalue weighted by Crippen LogP contribution is 2.33. The van der Waals surface area contributed by atoms with Crippen molar-refractivity contribution in [2.75, 3.05) is 19.5 Å². The molecule has 1 aromatic heterocycles. The Kier molecular flexibility index (Phi) is 3.47. The van der Waals surface area contributed by atoms with Gasteiger partial charge in [-0.05, 0) is 35.8 Å². The van der Waals surface area contributed by atoms with Crippen LogP contribution in [0.1, 0.15) is 9.67 Å². The molecule has 0 atom stereocenters. The van der Waals surface area contributed by atoms with Crippen LogP contribution in [0.5, 0.6) is 5.75 Å². The van der Waals surface area contributed by atoms with Crippen molar-refractivity contribution in [3.05, 3.63) is 29.1 Å². The first-order valence-corrected chi connectivity index (χ1v) is 6.00. The number of rotatable bonds is 4. The van der Waals surface area contributed by atoms with Crippen molar-refractivity contribution >= 4 is 23.2 Å². The lowest BCUT2D eigenvalue weighted by molar-refractivity contribution is 0.0703. The van der Waals surface area contributed by atoms with Gasteiger partial charge in [0.15, 0.2) is 4.88 Å². The molecule has 18 heavy (non-hydrogen) atoms. The van der Waals surface area contributed by atoms with Gasteiger partial charge in [0.05, 0.1) is 12.8 Å². The van der Waals surface area contributed by atoms with Gasteiger partial charge in [-0.15, -0.1) is 0 Å². The maximum absolute atomic E-state index is 11.0. The Balaban J connectivity index is 2.46. The third-order valence-corrected chi connectivity index (χ3v) is 3.33. The van der Waals surface area contributed by atoms with Gasteiger partial charge in [-0.1, -0.05) is 0 Å². The van der Waals surface area contributed by atoms with Gasteiger partial charge >= 0.3 is 5.97 Å². The monoisotopic (exact) mass is 264 g/mol. The molecule has 6 heteroatoms. The molecular weight excluding hydrogens is 252 g/mol. The van der Waals surface area contributed by atoms with E-state index in [1.807, 2.05) is 24.3 Å². The van der Waals surface area contributed by atoms with E-state index in [1.165, 1.54) is 0 Å². The van der Waals surface area contributed by atoms with E-state index in [-0.39, 0.29) is 4.88 Å². The lowest BCUT2D eigenvalue weighted by Crippen LogP contribution is -1.99. The number of carboxylic acid groups (broad SMARTS) is 1. The molecule has 0 aliphatic heterocycles. The zero-order chi connectivity index (χ0) is 13.1. The molecule has 0 saturated heterocycles. The van der Waals surface area contributed by atoms with Crippen molar-refractivity contribution in [1.29, 1.82) is 0 Å². The lowest BCUT2D eigenvalue weighted by atomic mass is 10.1. The quantitative estimate of drug-likeness (QED) is 0.888. The zero-order valence-corrected chi connectivity index (χ0v) is 10.7. The van der Waals surface area contributed by atoms with Gasteiger partial charge in [0.1, 0.15) is 11.4 Å². The summed E-state index contributed by atoms with van der Waals surface area (Å²) in [6, 6.07) is 7.32. The Morgan fingerprint density at radius 2 is 2.06 bits per heavy atom. The van der Waals surface area contributed by atoms with Gasteiger partial charge in [0.25, 0.3) is 0 Å². The second-order valence-corrected chi connectivity index (χ2v) is 4.29. The molecule has 2 aromatic rings. The fourth-order valence-electron chi connectivity index (χ4n) is 1.61. The number of aromatic nitrogens is 1. The summed E-state index contributed by atoms with van der Waals surface area (Å²) in [5, 5.41) is 11.9. The molecule has 1 aromatic carbocycles. The van der Waals surface area contributed by atoms with Crippen molar-refractivity contribution in [3.8, 4) is 17.0 Å². The van der Waals surface area contributed by atoms with E-state index in [0.717, 1.165) is 22.8 Å². The summed E-state index contributed by atoms with van der Waals surface area (Å²) in [7, 11) is 3.28. The Bertz CT molecular complexity index is 563. The third kappa shape index (κ3) is 2.14. The number of carbonyl (C=O) groups is 1. The number of hydrogen-bond acceptors (Lipinski definition) is 5. The highest BCUT2D eigenvalue weighted by molar-refractivity contribution is 7.09. The first-order chi connectivity index (χ1) is 8.67. The number of methoxy groups -OCH3 is 1. The molecule has 0 saturated carbocycles. The number of aromatic carboxylic acids is 1. The molecule has 0 radical (unpaired) electrons. The number of anilines is 1. The number of benzene rings is 1. The highest BCUT2D eigenvalue weighted by atomic mass is 32.1.